The fourth-order valence-corrected chi connectivity index (χ4v) is 2.07. The summed E-state index contributed by atoms with van der Waals surface area (Å²) in [5, 5.41) is 0.533. The van der Waals surface area contributed by atoms with Crippen molar-refractivity contribution in [3.63, 3.8) is 0 Å². The van der Waals surface area contributed by atoms with E-state index in [2.05, 4.69) is 4.40 Å². The van der Waals surface area contributed by atoms with Crippen LogP contribution in [0.5, 0.6) is 0 Å². The lowest BCUT2D eigenvalue weighted by molar-refractivity contribution is -0.137. The van der Waals surface area contributed by atoms with Crippen molar-refractivity contribution in [2.75, 3.05) is 0 Å². The Labute approximate surface area is 123 Å². The van der Waals surface area contributed by atoms with Crippen LogP contribution < -0.4 is 0 Å². The molecule has 3 nitrogen and oxygen atoms in total. The SMILES string of the molecule is CC(C)(C)[S@+]([O-])N=Cc1cc2ccc(C(F)(F)F)cc2o1. The Morgan fingerprint density at radius 3 is 2.43 bits per heavy atom. The molecule has 0 unspecified atom stereocenters. The molecule has 1 aromatic heterocycles. The number of hydrogen-bond acceptors (Lipinski definition) is 3. The van der Waals surface area contributed by atoms with Crippen LogP contribution in [0.25, 0.3) is 11.0 Å². The number of nitrogens with zero attached hydrogens (tertiary/aromatic N) is 1. The van der Waals surface area contributed by atoms with Crippen LogP contribution in [-0.2, 0) is 17.5 Å². The van der Waals surface area contributed by atoms with Crippen LogP contribution in [0.4, 0.5) is 13.2 Å². The molecule has 0 radical (unpaired) electrons. The van der Waals surface area contributed by atoms with Gasteiger partial charge in [0.1, 0.15) is 27.9 Å². The monoisotopic (exact) mass is 317 g/mol. The summed E-state index contributed by atoms with van der Waals surface area (Å²) < 4.78 is 58.2. The second-order valence-electron chi connectivity index (χ2n) is 5.50. The van der Waals surface area contributed by atoms with Crippen LogP contribution in [0.1, 0.15) is 32.1 Å². The second-order valence-corrected chi connectivity index (χ2v) is 7.43. The summed E-state index contributed by atoms with van der Waals surface area (Å²) in [6.07, 6.45) is -3.14. The van der Waals surface area contributed by atoms with E-state index in [0.717, 1.165) is 12.1 Å². The average molecular weight is 317 g/mol. The molecule has 0 aliphatic heterocycles. The topological polar surface area (TPSA) is 48.6 Å². The smallest absolute Gasteiger partial charge is 0.416 e. The molecule has 0 saturated carbocycles. The number of halogens is 3. The van der Waals surface area contributed by atoms with E-state index in [9.17, 15) is 17.7 Å². The summed E-state index contributed by atoms with van der Waals surface area (Å²) in [6, 6.07) is 4.82. The Kier molecular flexibility index (Phi) is 4.08. The molecule has 1 aromatic carbocycles. The van der Waals surface area contributed by atoms with Crippen LogP contribution in [0.2, 0.25) is 0 Å². The van der Waals surface area contributed by atoms with Gasteiger partial charge in [0, 0.05) is 5.39 Å². The molecule has 0 bridgehead atoms. The van der Waals surface area contributed by atoms with E-state index in [1.165, 1.54) is 12.3 Å². The van der Waals surface area contributed by atoms with Gasteiger partial charge < -0.3 is 8.97 Å². The van der Waals surface area contributed by atoms with Crippen LogP contribution in [0, 0.1) is 0 Å². The van der Waals surface area contributed by atoms with Crippen LogP contribution in [0.15, 0.2) is 33.1 Å². The summed E-state index contributed by atoms with van der Waals surface area (Å²) in [5.74, 6) is 0.266. The second kappa shape index (κ2) is 5.38. The van der Waals surface area contributed by atoms with E-state index in [4.69, 9.17) is 4.42 Å². The Morgan fingerprint density at radius 2 is 1.86 bits per heavy atom. The fourth-order valence-electron chi connectivity index (χ4n) is 1.55. The van der Waals surface area contributed by atoms with Gasteiger partial charge in [-0.05, 0) is 39.0 Å². The molecule has 21 heavy (non-hydrogen) atoms. The molecule has 2 aromatic rings. The van der Waals surface area contributed by atoms with Gasteiger partial charge in [-0.3, -0.25) is 0 Å². The zero-order valence-corrected chi connectivity index (χ0v) is 12.5. The molecule has 0 aliphatic rings. The standard InChI is InChI=1S/C14H14F3NO2S/c1-13(2,3)21(19)18-8-11-6-9-4-5-10(14(15,16)17)7-12(9)20-11/h4-8H,1-3H3/t21-/m0/s1. The van der Waals surface area contributed by atoms with Crippen molar-refractivity contribution in [1.29, 1.82) is 0 Å². The van der Waals surface area contributed by atoms with Gasteiger partial charge >= 0.3 is 6.18 Å². The molecule has 0 saturated heterocycles. The van der Waals surface area contributed by atoms with E-state index in [-0.39, 0.29) is 11.3 Å². The van der Waals surface area contributed by atoms with Gasteiger partial charge in [0.2, 0.25) is 0 Å². The zero-order chi connectivity index (χ0) is 15.8. The van der Waals surface area contributed by atoms with Crippen molar-refractivity contribution in [3.05, 3.63) is 35.6 Å². The third-order valence-electron chi connectivity index (χ3n) is 2.67. The third kappa shape index (κ3) is 3.79. The number of fused-ring (bicyclic) bond motifs is 1. The Hall–Kier alpha value is -1.47. The fraction of sp³-hybridized carbons (Fsp3) is 0.357. The normalized spacial score (nSPS) is 15.0. The van der Waals surface area contributed by atoms with Crippen LogP contribution >= 0.6 is 0 Å². The summed E-state index contributed by atoms with van der Waals surface area (Å²) in [4.78, 5) is 0. The Morgan fingerprint density at radius 1 is 1.19 bits per heavy atom. The number of furan rings is 1. The molecule has 0 aliphatic carbocycles. The summed E-state index contributed by atoms with van der Waals surface area (Å²) in [7, 11) is 0. The maximum atomic E-state index is 12.6. The Balaban J connectivity index is 2.30. The number of benzene rings is 1. The number of rotatable bonds is 2. The van der Waals surface area contributed by atoms with Gasteiger partial charge in [0.05, 0.1) is 5.56 Å². The minimum absolute atomic E-state index is 0.118. The highest BCUT2D eigenvalue weighted by Gasteiger charge is 2.31. The molecule has 0 spiro atoms. The molecule has 1 heterocycles. The third-order valence-corrected chi connectivity index (χ3v) is 4.01. The lowest BCUT2D eigenvalue weighted by Crippen LogP contribution is -2.25. The quantitative estimate of drug-likeness (QED) is 0.611. The minimum Gasteiger partial charge on any atom is -0.591 e. The van der Waals surface area contributed by atoms with Crippen molar-refractivity contribution in [1.82, 2.24) is 0 Å². The predicted octanol–water partition coefficient (Wildman–Crippen LogP) is 4.33. The highest BCUT2D eigenvalue weighted by molar-refractivity contribution is 7.91. The first-order chi connectivity index (χ1) is 9.57. The summed E-state index contributed by atoms with van der Waals surface area (Å²) in [6.45, 7) is 5.32. The zero-order valence-electron chi connectivity index (χ0n) is 11.7. The van der Waals surface area contributed by atoms with Gasteiger partial charge in [-0.15, -0.1) is 0 Å². The summed E-state index contributed by atoms with van der Waals surface area (Å²) >= 11 is -1.45. The van der Waals surface area contributed by atoms with E-state index >= 15 is 0 Å². The molecule has 0 fully saturated rings. The minimum atomic E-state index is -4.41. The number of hydrogen-bond donors (Lipinski definition) is 0. The first-order valence-corrected chi connectivity index (χ1v) is 7.25. The molecule has 0 amide bonds. The molecule has 2 rings (SSSR count). The van der Waals surface area contributed by atoms with Crippen LogP contribution in [-0.4, -0.2) is 15.5 Å². The highest BCUT2D eigenvalue weighted by atomic mass is 32.2. The highest BCUT2D eigenvalue weighted by Crippen LogP contribution is 2.32. The molecule has 114 valence electrons. The first-order valence-electron chi connectivity index (χ1n) is 6.14. The van der Waals surface area contributed by atoms with Gasteiger partial charge in [0.15, 0.2) is 5.76 Å². The molecule has 7 heteroatoms. The van der Waals surface area contributed by atoms with E-state index < -0.39 is 27.8 Å². The van der Waals surface area contributed by atoms with Gasteiger partial charge in [-0.1, -0.05) is 10.5 Å². The largest absolute Gasteiger partial charge is 0.591 e. The van der Waals surface area contributed by atoms with E-state index in [1.54, 1.807) is 26.8 Å². The van der Waals surface area contributed by atoms with Crippen molar-refractivity contribution in [2.45, 2.75) is 31.7 Å². The van der Waals surface area contributed by atoms with Gasteiger partial charge in [0.25, 0.3) is 0 Å². The molecular weight excluding hydrogens is 303 g/mol. The molecular formula is C14H14F3NO2S. The van der Waals surface area contributed by atoms with Gasteiger partial charge in [-0.25, -0.2) is 0 Å². The first kappa shape index (κ1) is 15.9. The van der Waals surface area contributed by atoms with E-state index in [0.29, 0.717) is 5.39 Å². The maximum Gasteiger partial charge on any atom is 0.416 e. The van der Waals surface area contributed by atoms with Crippen molar-refractivity contribution >= 4 is 28.5 Å². The molecule has 0 N–H and O–H groups in total. The predicted molar refractivity (Wildman–Crippen MR) is 76.7 cm³/mol. The van der Waals surface area contributed by atoms with Crippen molar-refractivity contribution < 1.29 is 22.1 Å². The van der Waals surface area contributed by atoms with Crippen LogP contribution in [0.3, 0.4) is 0 Å². The lowest BCUT2D eigenvalue weighted by Gasteiger charge is -2.17. The van der Waals surface area contributed by atoms with Crippen molar-refractivity contribution in [3.8, 4) is 0 Å². The van der Waals surface area contributed by atoms with E-state index in [1.807, 2.05) is 0 Å². The maximum absolute atomic E-state index is 12.6. The average Bonchev–Trinajstić information content (AvgIpc) is 2.75. The number of alkyl halides is 3. The Bertz CT molecular complexity index is 671. The lowest BCUT2D eigenvalue weighted by atomic mass is 10.1. The van der Waals surface area contributed by atoms with Gasteiger partial charge in [-0.2, -0.15) is 13.2 Å². The molecule has 1 atom stereocenters. The van der Waals surface area contributed by atoms with Crippen molar-refractivity contribution in [2.24, 2.45) is 4.40 Å². The summed E-state index contributed by atoms with van der Waals surface area (Å²) in [5.41, 5.74) is -0.654.